The van der Waals surface area contributed by atoms with Gasteiger partial charge in [0.2, 0.25) is 16.4 Å². The van der Waals surface area contributed by atoms with Crippen molar-refractivity contribution in [2.24, 2.45) is 5.41 Å². The maximum absolute atomic E-state index is 12.7. The van der Waals surface area contributed by atoms with E-state index in [1.165, 1.54) is 16.4 Å². The van der Waals surface area contributed by atoms with Gasteiger partial charge in [-0.05, 0) is 30.9 Å². The van der Waals surface area contributed by atoms with Crippen molar-refractivity contribution < 1.29 is 17.2 Å². The van der Waals surface area contributed by atoms with Gasteiger partial charge in [0.25, 0.3) is 0 Å². The number of alkyl halides is 2. The minimum absolute atomic E-state index is 0.171. The number of benzene rings is 1. The molecule has 0 amide bonds. The van der Waals surface area contributed by atoms with Crippen molar-refractivity contribution in [2.45, 2.75) is 51.0 Å². The lowest BCUT2D eigenvalue weighted by atomic mass is 9.90. The van der Waals surface area contributed by atoms with Crippen molar-refractivity contribution in [1.82, 2.24) is 4.31 Å². The fourth-order valence-corrected chi connectivity index (χ4v) is 4.71. The van der Waals surface area contributed by atoms with Crippen molar-refractivity contribution in [3.8, 4) is 0 Å². The Morgan fingerprint density at radius 2 is 1.86 bits per heavy atom. The van der Waals surface area contributed by atoms with Gasteiger partial charge >= 0.3 is 0 Å². The van der Waals surface area contributed by atoms with Gasteiger partial charge in [-0.15, -0.1) is 0 Å². The van der Waals surface area contributed by atoms with Crippen LogP contribution in [0.25, 0.3) is 0 Å². The van der Waals surface area contributed by atoms with Crippen molar-refractivity contribution >= 4 is 10.0 Å². The van der Waals surface area contributed by atoms with Gasteiger partial charge in [0.1, 0.15) is 0 Å². The first-order valence-electron chi connectivity index (χ1n) is 6.98. The normalized spacial score (nSPS) is 22.9. The topological polar surface area (TPSA) is 37.4 Å². The van der Waals surface area contributed by atoms with Crippen LogP contribution in [0.2, 0.25) is 0 Å². The molecule has 0 aromatic heterocycles. The average molecular weight is 317 g/mol. The third-order valence-electron chi connectivity index (χ3n) is 3.86. The molecule has 118 valence electrons. The van der Waals surface area contributed by atoms with E-state index in [1.807, 2.05) is 20.8 Å². The fraction of sp³-hybridized carbons (Fsp3) is 0.600. The van der Waals surface area contributed by atoms with Crippen LogP contribution >= 0.6 is 0 Å². The molecule has 0 bridgehead atoms. The highest BCUT2D eigenvalue weighted by molar-refractivity contribution is 7.89. The number of sulfonamides is 1. The van der Waals surface area contributed by atoms with Crippen LogP contribution in [0.4, 0.5) is 8.78 Å². The van der Waals surface area contributed by atoms with E-state index in [1.54, 1.807) is 12.1 Å². The molecule has 0 aliphatic carbocycles. The molecule has 1 fully saturated rings. The molecule has 6 heteroatoms. The van der Waals surface area contributed by atoms with Crippen LogP contribution in [0, 0.1) is 12.3 Å². The molecule has 3 nitrogen and oxygen atoms in total. The van der Waals surface area contributed by atoms with Crippen LogP contribution < -0.4 is 0 Å². The van der Waals surface area contributed by atoms with Crippen LogP contribution in [0.5, 0.6) is 0 Å². The second-order valence-corrected chi connectivity index (χ2v) is 8.40. The Bertz CT molecular complexity index is 597. The molecular weight excluding hydrogens is 296 g/mol. The van der Waals surface area contributed by atoms with E-state index < -0.39 is 28.9 Å². The summed E-state index contributed by atoms with van der Waals surface area (Å²) in [4.78, 5) is 0.171. The average Bonchev–Trinajstić information content (AvgIpc) is 2.64. The molecule has 0 spiro atoms. The van der Waals surface area contributed by atoms with Gasteiger partial charge in [-0.25, -0.2) is 17.2 Å². The minimum Gasteiger partial charge on any atom is -0.210 e. The summed E-state index contributed by atoms with van der Waals surface area (Å²) in [5.74, 6) is 0. The van der Waals surface area contributed by atoms with Crippen LogP contribution in [0.3, 0.4) is 0 Å². The Hall–Kier alpha value is -1.01. The second-order valence-electron chi connectivity index (χ2n) is 6.51. The van der Waals surface area contributed by atoms with Gasteiger partial charge in [-0.1, -0.05) is 31.5 Å². The van der Waals surface area contributed by atoms with Gasteiger partial charge < -0.3 is 0 Å². The maximum atomic E-state index is 12.7. The van der Waals surface area contributed by atoms with Gasteiger partial charge in [0.05, 0.1) is 4.90 Å². The summed E-state index contributed by atoms with van der Waals surface area (Å²) in [5, 5.41) is 0. The molecule has 0 saturated carbocycles. The first-order chi connectivity index (χ1) is 9.62. The van der Waals surface area contributed by atoms with Crippen molar-refractivity contribution in [3.63, 3.8) is 0 Å². The molecule has 1 heterocycles. The van der Waals surface area contributed by atoms with E-state index in [0.29, 0.717) is 6.42 Å². The quantitative estimate of drug-likeness (QED) is 0.853. The molecule has 1 aliphatic heterocycles. The number of rotatable bonds is 4. The maximum Gasteiger partial charge on any atom is 0.243 e. The summed E-state index contributed by atoms with van der Waals surface area (Å²) in [6.45, 7) is 5.97. The van der Waals surface area contributed by atoms with Gasteiger partial charge in [-0.2, -0.15) is 4.31 Å². The summed E-state index contributed by atoms with van der Waals surface area (Å²) in [7, 11) is -3.72. The van der Waals surface area contributed by atoms with Gasteiger partial charge in [-0.3, -0.25) is 0 Å². The predicted octanol–water partition coefficient (Wildman–Crippen LogP) is 3.44. The molecule has 1 aromatic carbocycles. The first kappa shape index (κ1) is 16.4. The molecule has 0 radical (unpaired) electrons. The van der Waals surface area contributed by atoms with Crippen LogP contribution in [0.15, 0.2) is 29.2 Å². The third kappa shape index (κ3) is 3.61. The summed E-state index contributed by atoms with van der Waals surface area (Å²) >= 11 is 0. The van der Waals surface area contributed by atoms with Crippen LogP contribution in [0.1, 0.15) is 32.3 Å². The molecule has 0 N–H and O–H groups in total. The lowest BCUT2D eigenvalue weighted by molar-refractivity contribution is 0.113. The molecule has 21 heavy (non-hydrogen) atoms. The van der Waals surface area contributed by atoms with Gasteiger partial charge in [0, 0.05) is 19.0 Å². The Labute approximate surface area is 125 Å². The monoisotopic (exact) mass is 317 g/mol. The van der Waals surface area contributed by atoms with Crippen molar-refractivity contribution in [2.75, 3.05) is 6.54 Å². The molecule has 1 saturated heterocycles. The van der Waals surface area contributed by atoms with Crippen LogP contribution in [-0.2, 0) is 10.0 Å². The highest BCUT2D eigenvalue weighted by atomic mass is 32.2. The Kier molecular flexibility index (Phi) is 4.40. The number of nitrogens with zero attached hydrogens (tertiary/aromatic N) is 1. The standard InChI is InChI=1S/C15H21F2NO2S/c1-11-4-6-13(7-5-11)21(19,20)18-10-15(2,3)9-12(18)8-14(16)17/h4-7,12,14H,8-10H2,1-3H3. The molecule has 1 aromatic rings. The van der Waals surface area contributed by atoms with Gasteiger partial charge in [0.15, 0.2) is 0 Å². The second kappa shape index (κ2) is 5.65. The Morgan fingerprint density at radius 3 is 2.38 bits per heavy atom. The summed E-state index contributed by atoms with van der Waals surface area (Å²) < 4.78 is 52.1. The molecule has 1 aliphatic rings. The molecule has 1 atom stereocenters. The predicted molar refractivity (Wildman–Crippen MR) is 77.9 cm³/mol. The number of hydrogen-bond acceptors (Lipinski definition) is 2. The lowest BCUT2D eigenvalue weighted by Crippen LogP contribution is -2.37. The lowest BCUT2D eigenvalue weighted by Gasteiger charge is -2.24. The summed E-state index contributed by atoms with van der Waals surface area (Å²) in [6.07, 6.45) is -2.45. The first-order valence-corrected chi connectivity index (χ1v) is 8.42. The third-order valence-corrected chi connectivity index (χ3v) is 5.77. The van der Waals surface area contributed by atoms with E-state index in [-0.39, 0.29) is 16.9 Å². The highest BCUT2D eigenvalue weighted by Gasteiger charge is 2.44. The highest BCUT2D eigenvalue weighted by Crippen LogP contribution is 2.39. The van der Waals surface area contributed by atoms with Crippen molar-refractivity contribution in [1.29, 1.82) is 0 Å². The number of aryl methyl sites for hydroxylation is 1. The fourth-order valence-electron chi connectivity index (χ4n) is 2.89. The van der Waals surface area contributed by atoms with E-state index >= 15 is 0 Å². The minimum atomic E-state index is -3.72. The van der Waals surface area contributed by atoms with E-state index in [4.69, 9.17) is 0 Å². The molecular formula is C15H21F2NO2S. The number of hydrogen-bond donors (Lipinski definition) is 0. The SMILES string of the molecule is Cc1ccc(S(=O)(=O)N2CC(C)(C)CC2CC(F)F)cc1. The largest absolute Gasteiger partial charge is 0.243 e. The zero-order valence-electron chi connectivity index (χ0n) is 12.5. The van der Waals surface area contributed by atoms with Crippen LogP contribution in [-0.4, -0.2) is 31.7 Å². The summed E-state index contributed by atoms with van der Waals surface area (Å²) in [6, 6.07) is 5.88. The smallest absolute Gasteiger partial charge is 0.210 e. The zero-order valence-corrected chi connectivity index (χ0v) is 13.3. The summed E-state index contributed by atoms with van der Waals surface area (Å²) in [5.41, 5.74) is 0.678. The zero-order chi connectivity index (χ0) is 15.8. The molecule has 2 rings (SSSR count). The van der Waals surface area contributed by atoms with E-state index in [2.05, 4.69) is 0 Å². The Balaban J connectivity index is 2.34. The van der Waals surface area contributed by atoms with E-state index in [9.17, 15) is 17.2 Å². The number of halogens is 2. The molecule has 1 unspecified atom stereocenters. The van der Waals surface area contributed by atoms with E-state index in [0.717, 1.165) is 5.56 Å². The Morgan fingerprint density at radius 1 is 1.29 bits per heavy atom. The van der Waals surface area contributed by atoms with Crippen molar-refractivity contribution in [3.05, 3.63) is 29.8 Å².